The van der Waals surface area contributed by atoms with E-state index in [1.165, 1.54) is 18.6 Å². The number of nitrogens with zero attached hydrogens (tertiary/aromatic N) is 3. The summed E-state index contributed by atoms with van der Waals surface area (Å²) in [7, 11) is 1.63. The van der Waals surface area contributed by atoms with Gasteiger partial charge in [0.15, 0.2) is 6.29 Å². The first kappa shape index (κ1) is 27.2. The summed E-state index contributed by atoms with van der Waals surface area (Å²) in [5, 5.41) is 6.29. The number of imidazole rings is 1. The number of carbonyl (C=O) groups is 1. The maximum absolute atomic E-state index is 13.6. The van der Waals surface area contributed by atoms with Gasteiger partial charge < -0.3 is 29.8 Å². The van der Waals surface area contributed by atoms with Gasteiger partial charge in [-0.25, -0.2) is 19.3 Å². The normalized spacial score (nSPS) is 20.1. The topological polar surface area (TPSA) is 123 Å². The number of hydrogen-bond acceptors (Lipinski definition) is 8. The number of aromatic amines is 1. The van der Waals surface area contributed by atoms with Crippen molar-refractivity contribution in [1.82, 2.24) is 25.3 Å². The lowest BCUT2D eigenvalue weighted by Gasteiger charge is -2.30. The van der Waals surface area contributed by atoms with Crippen LogP contribution in [0.25, 0.3) is 22.6 Å². The van der Waals surface area contributed by atoms with Crippen LogP contribution in [0.4, 0.5) is 10.3 Å². The molecule has 0 bridgehead atoms. The highest BCUT2D eigenvalue weighted by Crippen LogP contribution is 2.30. The molecule has 2 fully saturated rings. The Labute approximate surface area is 227 Å². The van der Waals surface area contributed by atoms with Crippen LogP contribution in [0.3, 0.4) is 0 Å². The van der Waals surface area contributed by atoms with E-state index in [-0.39, 0.29) is 23.7 Å². The average molecular weight is 539 g/mol. The minimum Gasteiger partial charge on any atom is -0.383 e. The predicted octanol–water partition coefficient (Wildman–Crippen LogP) is 3.71. The summed E-state index contributed by atoms with van der Waals surface area (Å²) in [4.78, 5) is 29.7. The molecule has 5 rings (SSSR count). The van der Waals surface area contributed by atoms with E-state index in [0.29, 0.717) is 61.6 Å². The van der Waals surface area contributed by atoms with Crippen LogP contribution in [-0.4, -0.2) is 71.7 Å². The van der Waals surface area contributed by atoms with Crippen LogP contribution in [0.15, 0.2) is 36.5 Å². The molecule has 208 valence electrons. The van der Waals surface area contributed by atoms with Gasteiger partial charge in [-0.05, 0) is 43.2 Å². The lowest BCUT2D eigenvalue weighted by Crippen LogP contribution is -2.46. The number of benzene rings is 1. The van der Waals surface area contributed by atoms with E-state index in [0.717, 1.165) is 31.2 Å². The van der Waals surface area contributed by atoms with Gasteiger partial charge in [-0.1, -0.05) is 19.3 Å². The van der Waals surface area contributed by atoms with Crippen molar-refractivity contribution in [2.24, 2.45) is 5.92 Å². The van der Waals surface area contributed by atoms with Crippen LogP contribution >= 0.6 is 0 Å². The molecule has 0 unspecified atom stereocenters. The number of halogens is 1. The van der Waals surface area contributed by atoms with Gasteiger partial charge in [0.1, 0.15) is 11.6 Å². The molecule has 1 amide bonds. The lowest BCUT2D eigenvalue weighted by atomic mass is 9.95. The average Bonchev–Trinajstić information content (AvgIpc) is 3.38. The Balaban J connectivity index is 1.28. The summed E-state index contributed by atoms with van der Waals surface area (Å²) in [5.74, 6) is 0.441. The van der Waals surface area contributed by atoms with E-state index in [4.69, 9.17) is 19.2 Å². The number of amides is 1. The smallest absolute Gasteiger partial charge is 0.228 e. The van der Waals surface area contributed by atoms with Crippen LogP contribution in [0.2, 0.25) is 0 Å². The first-order chi connectivity index (χ1) is 19.1. The van der Waals surface area contributed by atoms with E-state index in [1.54, 1.807) is 31.5 Å². The van der Waals surface area contributed by atoms with E-state index < -0.39 is 6.29 Å². The molecule has 10 nitrogen and oxygen atoms in total. The van der Waals surface area contributed by atoms with Gasteiger partial charge in [0.05, 0.1) is 49.2 Å². The highest BCUT2D eigenvalue weighted by molar-refractivity contribution is 5.79. The van der Waals surface area contributed by atoms with Gasteiger partial charge in [-0.2, -0.15) is 0 Å². The number of anilines is 1. The number of methoxy groups -OCH3 is 1. The quantitative estimate of drug-likeness (QED) is 0.334. The van der Waals surface area contributed by atoms with Crippen molar-refractivity contribution in [3.05, 3.63) is 48.2 Å². The predicted molar refractivity (Wildman–Crippen MR) is 143 cm³/mol. The summed E-state index contributed by atoms with van der Waals surface area (Å²) in [6.07, 6.45) is 7.12. The number of hydrogen-bond donors (Lipinski definition) is 3. The number of rotatable bonds is 10. The highest BCUT2D eigenvalue weighted by atomic mass is 19.1. The molecule has 0 atom stereocenters. The summed E-state index contributed by atoms with van der Waals surface area (Å²) >= 11 is 0. The molecule has 0 spiro atoms. The molecule has 0 radical (unpaired) electrons. The summed E-state index contributed by atoms with van der Waals surface area (Å²) in [6, 6.07) is 8.21. The number of carbonyl (C=O) groups excluding carboxylic acids is 1. The molecule has 3 N–H and O–H groups in total. The highest BCUT2D eigenvalue weighted by Gasteiger charge is 2.30. The Morgan fingerprint density at radius 2 is 1.87 bits per heavy atom. The van der Waals surface area contributed by atoms with Crippen molar-refractivity contribution in [1.29, 1.82) is 0 Å². The first-order valence-electron chi connectivity index (χ1n) is 13.5. The monoisotopic (exact) mass is 538 g/mol. The molecule has 1 aliphatic carbocycles. The lowest BCUT2D eigenvalue weighted by molar-refractivity contribution is -0.201. The fourth-order valence-electron chi connectivity index (χ4n) is 4.91. The minimum atomic E-state index is -0.541. The van der Waals surface area contributed by atoms with Gasteiger partial charge in [-0.3, -0.25) is 4.79 Å². The van der Waals surface area contributed by atoms with Crippen LogP contribution in [-0.2, 0) is 25.4 Å². The van der Waals surface area contributed by atoms with Crippen LogP contribution in [0, 0.1) is 11.7 Å². The van der Waals surface area contributed by atoms with Crippen molar-refractivity contribution < 1.29 is 23.4 Å². The summed E-state index contributed by atoms with van der Waals surface area (Å²) in [5.41, 5.74) is 2.68. The van der Waals surface area contributed by atoms with Crippen LogP contribution < -0.4 is 10.6 Å². The second kappa shape index (κ2) is 13.1. The molecule has 3 heterocycles. The molecule has 11 heteroatoms. The first-order valence-corrected chi connectivity index (χ1v) is 13.5. The van der Waals surface area contributed by atoms with Crippen LogP contribution in [0.5, 0.6) is 0 Å². The third kappa shape index (κ3) is 7.17. The fraction of sp³-hybridized carbons (Fsp3) is 0.500. The fourth-order valence-corrected chi connectivity index (χ4v) is 4.91. The second-order valence-corrected chi connectivity index (χ2v) is 9.94. The van der Waals surface area contributed by atoms with Crippen molar-refractivity contribution in [2.75, 3.05) is 38.8 Å². The number of H-pyrrole nitrogens is 1. The number of nitrogens with one attached hydrogen (secondary N) is 3. The molecule has 1 saturated carbocycles. The van der Waals surface area contributed by atoms with E-state index in [9.17, 15) is 9.18 Å². The molecule has 1 aliphatic heterocycles. The third-order valence-electron chi connectivity index (χ3n) is 7.02. The number of ether oxygens (including phenoxy) is 3. The van der Waals surface area contributed by atoms with E-state index in [2.05, 4.69) is 25.6 Å². The molecular formula is C28H35FN6O4. The van der Waals surface area contributed by atoms with Crippen molar-refractivity contribution in [3.63, 3.8) is 0 Å². The Kier molecular flexibility index (Phi) is 9.12. The Bertz CT molecular complexity index is 1220. The zero-order valence-corrected chi connectivity index (χ0v) is 22.1. The molecule has 1 aromatic carbocycles. The summed E-state index contributed by atoms with van der Waals surface area (Å²) in [6.45, 7) is 1.68. The standard InChI is InChI=1S/C28H35FN6O4/c1-37-14-13-31-28-30-12-11-22(33-28)26-25(18-7-9-20(29)10-8-18)34-23(35-26)15-24-38-16-19(17-39-24)27(36)32-21-5-3-2-4-6-21/h7-12,19,21,24H,2-6,13-17H2,1H3,(H,32,36)(H,34,35)(H,30,31,33). The van der Waals surface area contributed by atoms with Gasteiger partial charge in [0, 0.05) is 31.5 Å². The molecule has 2 aliphatic rings. The van der Waals surface area contributed by atoms with Gasteiger partial charge in [0.2, 0.25) is 11.9 Å². The molecular weight excluding hydrogens is 503 g/mol. The summed E-state index contributed by atoms with van der Waals surface area (Å²) < 4.78 is 30.5. The molecule has 2 aromatic heterocycles. The van der Waals surface area contributed by atoms with E-state index in [1.807, 2.05) is 0 Å². The second-order valence-electron chi connectivity index (χ2n) is 9.94. The molecule has 3 aromatic rings. The van der Waals surface area contributed by atoms with Gasteiger partial charge >= 0.3 is 0 Å². The zero-order chi connectivity index (χ0) is 27.0. The minimum absolute atomic E-state index is 0.00194. The maximum Gasteiger partial charge on any atom is 0.228 e. The van der Waals surface area contributed by atoms with Crippen molar-refractivity contribution in [2.45, 2.75) is 50.9 Å². The zero-order valence-electron chi connectivity index (χ0n) is 22.1. The largest absolute Gasteiger partial charge is 0.383 e. The molecule has 1 saturated heterocycles. The Morgan fingerprint density at radius 3 is 2.62 bits per heavy atom. The van der Waals surface area contributed by atoms with Crippen LogP contribution in [0.1, 0.15) is 37.9 Å². The van der Waals surface area contributed by atoms with Crippen molar-refractivity contribution >= 4 is 11.9 Å². The van der Waals surface area contributed by atoms with Gasteiger partial charge in [0.25, 0.3) is 0 Å². The van der Waals surface area contributed by atoms with E-state index >= 15 is 0 Å². The maximum atomic E-state index is 13.6. The Morgan fingerprint density at radius 1 is 1.10 bits per heavy atom. The number of aromatic nitrogens is 4. The van der Waals surface area contributed by atoms with Gasteiger partial charge in [-0.15, -0.1) is 0 Å². The van der Waals surface area contributed by atoms with Crippen molar-refractivity contribution in [3.8, 4) is 22.6 Å². The SMILES string of the molecule is COCCNc1nccc(-c2[nH]c(CC3OCC(C(=O)NC4CCCCC4)CO3)nc2-c2ccc(F)cc2)n1. The third-order valence-corrected chi connectivity index (χ3v) is 7.02. The molecule has 39 heavy (non-hydrogen) atoms. The Hall–Kier alpha value is -3.41.